The molecule has 0 unspecified atom stereocenters. The van der Waals surface area contributed by atoms with Gasteiger partial charge >= 0.3 is 0 Å². The van der Waals surface area contributed by atoms with Crippen LogP contribution >= 0.6 is 0 Å². The van der Waals surface area contributed by atoms with Gasteiger partial charge in [0.25, 0.3) is 5.91 Å². The van der Waals surface area contributed by atoms with Crippen LogP contribution in [0, 0.1) is 5.82 Å². The van der Waals surface area contributed by atoms with Crippen molar-refractivity contribution in [3.63, 3.8) is 0 Å². The Kier molecular flexibility index (Phi) is 4.64. The number of piperazine rings is 1. The number of hydrogen-bond acceptors (Lipinski definition) is 5. The van der Waals surface area contributed by atoms with E-state index in [2.05, 4.69) is 14.8 Å². The van der Waals surface area contributed by atoms with Gasteiger partial charge in [0.05, 0.1) is 42.4 Å². The summed E-state index contributed by atoms with van der Waals surface area (Å²) in [6.45, 7) is 6.03. The molecule has 1 atom stereocenters. The quantitative estimate of drug-likeness (QED) is 0.770. The van der Waals surface area contributed by atoms with Crippen LogP contribution in [0.15, 0.2) is 36.8 Å². The molecule has 154 valence electrons. The largest absolute Gasteiger partial charge is 0.378 e. The van der Waals surface area contributed by atoms with E-state index in [4.69, 9.17) is 4.74 Å². The van der Waals surface area contributed by atoms with Crippen molar-refractivity contribution in [2.24, 2.45) is 7.05 Å². The molecule has 1 aromatic heterocycles. The Labute approximate surface area is 169 Å². The van der Waals surface area contributed by atoms with E-state index >= 15 is 0 Å². The summed E-state index contributed by atoms with van der Waals surface area (Å²) in [5, 5.41) is 0. The average Bonchev–Trinajstić information content (AvgIpc) is 3.11. The fraction of sp³-hybridized carbons (Fsp3) is 0.524. The normalized spacial score (nSPS) is 24.3. The molecular formula is C21H26FN5O2. The molecule has 1 spiro atoms. The molecule has 0 saturated carbocycles. The summed E-state index contributed by atoms with van der Waals surface area (Å²) < 4.78 is 22.0. The second kappa shape index (κ2) is 7.19. The number of halogens is 1. The number of morpholine rings is 1. The molecule has 0 radical (unpaired) electrons. The summed E-state index contributed by atoms with van der Waals surface area (Å²) >= 11 is 0. The van der Waals surface area contributed by atoms with Gasteiger partial charge in [-0.15, -0.1) is 0 Å². The number of rotatable bonds is 3. The summed E-state index contributed by atoms with van der Waals surface area (Å²) in [5.74, 6) is -0.682. The molecule has 8 heteroatoms. The van der Waals surface area contributed by atoms with Gasteiger partial charge < -0.3 is 14.2 Å². The predicted octanol–water partition coefficient (Wildman–Crippen LogP) is 0.970. The maximum absolute atomic E-state index is 14.2. The zero-order chi connectivity index (χ0) is 20.0. The van der Waals surface area contributed by atoms with Gasteiger partial charge in [0.2, 0.25) is 0 Å². The number of amides is 1. The molecule has 0 aliphatic carbocycles. The minimum Gasteiger partial charge on any atom is -0.378 e. The highest BCUT2D eigenvalue weighted by Gasteiger charge is 2.54. The lowest BCUT2D eigenvalue weighted by Gasteiger charge is -2.63. The second-order valence-corrected chi connectivity index (χ2v) is 8.45. The molecule has 3 aliphatic rings. The van der Waals surface area contributed by atoms with E-state index < -0.39 is 5.82 Å². The third-order valence-corrected chi connectivity index (χ3v) is 6.48. The number of nitrogens with zero attached hydrogens (tertiary/aromatic N) is 5. The Morgan fingerprint density at radius 2 is 2.14 bits per heavy atom. The number of likely N-dealkylation sites (tertiary alicyclic amines) is 1. The smallest absolute Gasteiger partial charge is 0.256 e. The van der Waals surface area contributed by atoms with Crippen molar-refractivity contribution in [1.29, 1.82) is 0 Å². The number of aromatic nitrogens is 2. The minimum absolute atomic E-state index is 0.0911. The molecule has 2 aromatic rings. The summed E-state index contributed by atoms with van der Waals surface area (Å²) in [4.78, 5) is 24.1. The zero-order valence-corrected chi connectivity index (χ0v) is 16.6. The van der Waals surface area contributed by atoms with Crippen molar-refractivity contribution < 1.29 is 13.9 Å². The molecule has 0 bridgehead atoms. The van der Waals surface area contributed by atoms with Crippen LogP contribution in [0.2, 0.25) is 0 Å². The minimum atomic E-state index is -0.458. The number of carbonyl (C=O) groups excluding carboxylic acids is 1. The van der Waals surface area contributed by atoms with Gasteiger partial charge in [-0.1, -0.05) is 12.1 Å². The first-order valence-corrected chi connectivity index (χ1v) is 10.1. The van der Waals surface area contributed by atoms with Gasteiger partial charge in [-0.25, -0.2) is 9.37 Å². The van der Waals surface area contributed by atoms with Crippen LogP contribution in [0.1, 0.15) is 16.1 Å². The lowest BCUT2D eigenvalue weighted by Crippen LogP contribution is -2.80. The topological polar surface area (TPSA) is 53.8 Å². The average molecular weight is 399 g/mol. The number of imidazole rings is 1. The van der Waals surface area contributed by atoms with Crippen LogP contribution in [-0.2, 0) is 18.3 Å². The van der Waals surface area contributed by atoms with Crippen LogP contribution in [0.25, 0.3) is 0 Å². The van der Waals surface area contributed by atoms with E-state index in [0.29, 0.717) is 19.7 Å². The number of carbonyl (C=O) groups is 1. The maximum Gasteiger partial charge on any atom is 0.256 e. The maximum atomic E-state index is 14.2. The molecule has 29 heavy (non-hydrogen) atoms. The number of fused-ring (bicyclic) bond motifs is 2. The van der Waals surface area contributed by atoms with Crippen molar-refractivity contribution in [2.75, 3.05) is 45.9 Å². The zero-order valence-electron chi connectivity index (χ0n) is 16.6. The standard InChI is InChI=1S/C21H26FN5O2/c1-24-15-23-8-16(24)9-25-12-21(13-25)14-26(10-17-11-29-7-6-27(17)21)20(28)18-4-2-3-5-19(18)22/h2-5,8,15,17H,6-7,9-14H2,1H3/t17-/m1/s1. The highest BCUT2D eigenvalue weighted by Crippen LogP contribution is 2.36. The number of aryl methyl sites for hydroxylation is 1. The van der Waals surface area contributed by atoms with Crippen molar-refractivity contribution in [2.45, 2.75) is 18.1 Å². The van der Waals surface area contributed by atoms with E-state index in [1.807, 2.05) is 29.0 Å². The van der Waals surface area contributed by atoms with Gasteiger partial charge in [0.15, 0.2) is 0 Å². The van der Waals surface area contributed by atoms with Crippen LogP contribution < -0.4 is 0 Å². The molecule has 0 N–H and O–H groups in total. The van der Waals surface area contributed by atoms with E-state index in [9.17, 15) is 9.18 Å². The Hall–Kier alpha value is -2.29. The van der Waals surface area contributed by atoms with E-state index in [1.54, 1.807) is 18.2 Å². The Balaban J connectivity index is 1.35. The summed E-state index contributed by atoms with van der Waals surface area (Å²) in [7, 11) is 2.01. The van der Waals surface area contributed by atoms with Crippen molar-refractivity contribution >= 4 is 5.91 Å². The van der Waals surface area contributed by atoms with Crippen molar-refractivity contribution in [3.05, 3.63) is 53.9 Å². The van der Waals surface area contributed by atoms with E-state index in [-0.39, 0.29) is 23.1 Å². The Morgan fingerprint density at radius 1 is 1.31 bits per heavy atom. The first-order valence-electron chi connectivity index (χ1n) is 10.1. The number of ether oxygens (including phenoxy) is 1. The fourth-order valence-electron chi connectivity index (χ4n) is 5.10. The van der Waals surface area contributed by atoms with Crippen molar-refractivity contribution in [3.8, 4) is 0 Å². The molecule has 3 aliphatic heterocycles. The monoisotopic (exact) mass is 399 g/mol. The fourth-order valence-corrected chi connectivity index (χ4v) is 5.10. The molecule has 5 rings (SSSR count). The van der Waals surface area contributed by atoms with Gasteiger partial charge in [-0.3, -0.25) is 14.6 Å². The lowest BCUT2D eigenvalue weighted by molar-refractivity contribution is -0.160. The van der Waals surface area contributed by atoms with Crippen molar-refractivity contribution in [1.82, 2.24) is 24.3 Å². The van der Waals surface area contributed by atoms with Gasteiger partial charge in [-0.05, 0) is 12.1 Å². The molecule has 1 amide bonds. The van der Waals surface area contributed by atoms with E-state index in [0.717, 1.165) is 32.8 Å². The third kappa shape index (κ3) is 3.25. The van der Waals surface area contributed by atoms with Crippen LogP contribution in [0.5, 0.6) is 0 Å². The second-order valence-electron chi connectivity index (χ2n) is 8.45. The third-order valence-electron chi connectivity index (χ3n) is 6.48. The molecule has 3 saturated heterocycles. The van der Waals surface area contributed by atoms with Gasteiger partial charge in [-0.2, -0.15) is 0 Å². The number of benzene rings is 1. The first kappa shape index (κ1) is 18.7. The predicted molar refractivity (Wildman–Crippen MR) is 105 cm³/mol. The molecular weight excluding hydrogens is 373 g/mol. The Bertz CT molecular complexity index is 910. The Morgan fingerprint density at radius 3 is 2.90 bits per heavy atom. The SMILES string of the molecule is Cn1cncc1CN1CC2(C1)CN(C(=O)c1ccccc1F)C[C@@H]1COCCN12. The van der Waals surface area contributed by atoms with Crippen LogP contribution in [0.3, 0.4) is 0 Å². The molecule has 1 aromatic carbocycles. The summed E-state index contributed by atoms with van der Waals surface area (Å²) in [6.07, 6.45) is 3.72. The van der Waals surface area contributed by atoms with Gasteiger partial charge in [0.1, 0.15) is 5.82 Å². The number of hydrogen-bond donors (Lipinski definition) is 0. The molecule has 4 heterocycles. The van der Waals surface area contributed by atoms with Crippen LogP contribution in [0.4, 0.5) is 4.39 Å². The summed E-state index contributed by atoms with van der Waals surface area (Å²) in [5.41, 5.74) is 1.24. The highest BCUT2D eigenvalue weighted by atomic mass is 19.1. The molecule has 7 nitrogen and oxygen atoms in total. The van der Waals surface area contributed by atoms with E-state index in [1.165, 1.54) is 11.8 Å². The summed E-state index contributed by atoms with van der Waals surface area (Å²) in [6, 6.07) is 6.41. The van der Waals surface area contributed by atoms with Crippen LogP contribution in [-0.4, -0.2) is 87.7 Å². The first-order chi connectivity index (χ1) is 14.1. The van der Waals surface area contributed by atoms with Gasteiger partial charge in [0, 0.05) is 52.5 Å². The molecule has 3 fully saturated rings. The lowest BCUT2D eigenvalue weighted by atomic mass is 9.82. The highest BCUT2D eigenvalue weighted by molar-refractivity contribution is 5.94.